The molecule has 3 heterocycles. The van der Waals surface area contributed by atoms with Crippen LogP contribution in [-0.4, -0.2) is 34.9 Å². The second-order valence-corrected chi connectivity index (χ2v) is 7.68. The minimum Gasteiger partial charge on any atom is -0.389 e. The van der Waals surface area contributed by atoms with Crippen LogP contribution in [-0.2, 0) is 0 Å². The van der Waals surface area contributed by atoms with E-state index in [0.717, 1.165) is 38.9 Å². The van der Waals surface area contributed by atoms with Crippen LogP contribution in [0.5, 0.6) is 0 Å². The number of thiophene rings is 1. The Balaban J connectivity index is 1.74. The molecule has 134 valence electrons. The third-order valence-corrected chi connectivity index (χ3v) is 5.74. The first kappa shape index (κ1) is 16.3. The molecule has 0 spiro atoms. The molecule has 3 aromatic rings. The van der Waals surface area contributed by atoms with E-state index in [0.29, 0.717) is 13.1 Å². The fourth-order valence-corrected chi connectivity index (χ4v) is 4.19. The molecular weight excluding hydrogens is 354 g/mol. The lowest BCUT2D eigenvalue weighted by Gasteiger charge is -2.40. The first-order valence-electron chi connectivity index (χ1n) is 9.01. The van der Waals surface area contributed by atoms with Crippen molar-refractivity contribution in [3.8, 4) is 0 Å². The number of aliphatic hydroxyl groups is 1. The highest BCUT2D eigenvalue weighted by molar-refractivity contribution is 7.11. The lowest BCUT2D eigenvalue weighted by atomic mass is 10.0. The number of likely N-dealkylation sites (tertiary alicyclic amines) is 1. The lowest BCUT2D eigenvalue weighted by Crippen LogP contribution is -2.51. The Morgan fingerprint density at radius 3 is 2.48 bits per heavy atom. The largest absolute Gasteiger partial charge is 0.389 e. The van der Waals surface area contributed by atoms with Gasteiger partial charge in [0.1, 0.15) is 11.5 Å². The zero-order chi connectivity index (χ0) is 18.2. The predicted octanol–water partition coefficient (Wildman–Crippen LogP) is 4.01. The van der Waals surface area contributed by atoms with Gasteiger partial charge in [-0.05, 0) is 17.5 Å². The molecule has 2 aromatic carbocycles. The summed E-state index contributed by atoms with van der Waals surface area (Å²) in [5.41, 5.74) is 5.08. The molecule has 0 unspecified atom stereocenters. The van der Waals surface area contributed by atoms with Gasteiger partial charge in [-0.3, -0.25) is 0 Å². The van der Waals surface area contributed by atoms with E-state index in [-0.39, 0.29) is 6.10 Å². The summed E-state index contributed by atoms with van der Waals surface area (Å²) in [4.78, 5) is 8.43. The van der Waals surface area contributed by atoms with Gasteiger partial charge in [0, 0.05) is 29.9 Å². The minimum atomic E-state index is -0.278. The highest BCUT2D eigenvalue weighted by Gasteiger charge is 2.31. The van der Waals surface area contributed by atoms with Gasteiger partial charge in [0.05, 0.1) is 16.7 Å². The van der Waals surface area contributed by atoms with E-state index >= 15 is 0 Å². The van der Waals surface area contributed by atoms with Gasteiger partial charge in [0.2, 0.25) is 0 Å². The number of β-amino-alcohol motifs (C(OH)–C–C–N with tert-alkyl or cyclic N) is 1. The van der Waals surface area contributed by atoms with E-state index < -0.39 is 0 Å². The summed E-state index contributed by atoms with van der Waals surface area (Å²) in [6.45, 7) is 1.24. The van der Waals surface area contributed by atoms with E-state index in [2.05, 4.69) is 45.9 Å². The molecule has 0 radical (unpaired) electrons. The molecule has 0 amide bonds. The van der Waals surface area contributed by atoms with Crippen molar-refractivity contribution < 1.29 is 5.11 Å². The number of aliphatic hydroxyl groups excluding tert-OH is 1. The Kier molecular flexibility index (Phi) is 4.03. The minimum absolute atomic E-state index is 0.278. The zero-order valence-corrected chi connectivity index (χ0v) is 15.5. The van der Waals surface area contributed by atoms with Crippen LogP contribution in [0.3, 0.4) is 0 Å². The van der Waals surface area contributed by atoms with E-state index in [1.165, 1.54) is 0 Å². The van der Waals surface area contributed by atoms with Crippen molar-refractivity contribution in [1.82, 2.24) is 4.90 Å². The van der Waals surface area contributed by atoms with Crippen molar-refractivity contribution in [2.45, 2.75) is 6.10 Å². The van der Waals surface area contributed by atoms with Gasteiger partial charge in [0.25, 0.3) is 0 Å². The summed E-state index contributed by atoms with van der Waals surface area (Å²) in [5.74, 6) is 0.959. The molecule has 0 atom stereocenters. The molecule has 5 heteroatoms. The average molecular weight is 373 g/mol. The third-order valence-electron chi connectivity index (χ3n) is 4.86. The Morgan fingerprint density at radius 2 is 1.74 bits per heavy atom. The second kappa shape index (κ2) is 6.68. The zero-order valence-electron chi connectivity index (χ0n) is 14.7. The molecule has 27 heavy (non-hydrogen) atoms. The number of hydrogen-bond acceptors (Lipinski definition) is 5. The van der Waals surface area contributed by atoms with Crippen LogP contribution in [0.1, 0.15) is 16.0 Å². The van der Waals surface area contributed by atoms with Crippen LogP contribution >= 0.6 is 11.3 Å². The van der Waals surface area contributed by atoms with Crippen LogP contribution in [0.2, 0.25) is 0 Å². The van der Waals surface area contributed by atoms with Crippen molar-refractivity contribution in [3.63, 3.8) is 0 Å². The molecule has 1 fully saturated rings. The van der Waals surface area contributed by atoms with Crippen LogP contribution < -0.4 is 5.32 Å². The summed E-state index contributed by atoms with van der Waals surface area (Å²) >= 11 is 1.68. The van der Waals surface area contributed by atoms with Gasteiger partial charge >= 0.3 is 0 Å². The van der Waals surface area contributed by atoms with Gasteiger partial charge in [-0.1, -0.05) is 54.6 Å². The van der Waals surface area contributed by atoms with E-state index in [4.69, 9.17) is 4.99 Å². The maximum absolute atomic E-state index is 9.84. The van der Waals surface area contributed by atoms with Gasteiger partial charge in [-0.2, -0.15) is 0 Å². The molecule has 0 bridgehead atoms. The number of hydrogen-bond donors (Lipinski definition) is 2. The van der Waals surface area contributed by atoms with Gasteiger partial charge < -0.3 is 15.3 Å². The number of aliphatic imine (C=N–C) groups is 1. The lowest BCUT2D eigenvalue weighted by molar-refractivity contribution is 0.0260. The van der Waals surface area contributed by atoms with Crippen molar-refractivity contribution in [2.24, 2.45) is 4.99 Å². The molecule has 5 rings (SSSR count). The number of benzene rings is 2. The molecule has 0 saturated carbocycles. The van der Waals surface area contributed by atoms with Crippen LogP contribution in [0.25, 0.3) is 5.70 Å². The number of nitrogens with zero attached hydrogens (tertiary/aromatic N) is 2. The first-order valence-corrected chi connectivity index (χ1v) is 9.89. The SMILES string of the molecule is OC1CN(C2=C(c3cccs3)N=C(c3ccccc3)c3ccccc3N2)C1. The predicted molar refractivity (Wildman–Crippen MR) is 111 cm³/mol. The van der Waals surface area contributed by atoms with Crippen molar-refractivity contribution >= 4 is 28.4 Å². The molecule has 1 saturated heterocycles. The Morgan fingerprint density at radius 1 is 0.963 bits per heavy atom. The average Bonchev–Trinajstić information content (AvgIpc) is 3.15. The molecular formula is C22H19N3OS. The highest BCUT2D eigenvalue weighted by atomic mass is 32.1. The first-order chi connectivity index (χ1) is 13.3. The van der Waals surface area contributed by atoms with Gasteiger partial charge in [0.15, 0.2) is 0 Å². The highest BCUT2D eigenvalue weighted by Crippen LogP contribution is 2.35. The van der Waals surface area contributed by atoms with Crippen LogP contribution in [0.15, 0.2) is 82.9 Å². The molecule has 2 aliphatic rings. The maximum Gasteiger partial charge on any atom is 0.134 e. The number of fused-ring (bicyclic) bond motifs is 1. The Bertz CT molecular complexity index is 1020. The summed E-state index contributed by atoms with van der Waals surface area (Å²) in [7, 11) is 0. The number of anilines is 1. The molecule has 1 aromatic heterocycles. The standard InChI is InChI=1S/C22H19N3OS/c26-16-13-25(14-16)22-21(19-11-6-12-27-19)24-20(15-7-2-1-3-8-15)17-9-4-5-10-18(17)23-22/h1-12,16,23,26H,13-14H2. The topological polar surface area (TPSA) is 47.9 Å². The van der Waals surface area contributed by atoms with E-state index in [9.17, 15) is 5.11 Å². The smallest absolute Gasteiger partial charge is 0.134 e. The number of nitrogens with one attached hydrogen (secondary N) is 1. The third kappa shape index (κ3) is 2.95. The fourth-order valence-electron chi connectivity index (χ4n) is 3.48. The van der Waals surface area contributed by atoms with Crippen LogP contribution in [0.4, 0.5) is 5.69 Å². The summed E-state index contributed by atoms with van der Waals surface area (Å²) in [6, 6.07) is 22.7. The summed E-state index contributed by atoms with van der Waals surface area (Å²) in [6.07, 6.45) is -0.278. The van der Waals surface area contributed by atoms with Gasteiger partial charge in [-0.25, -0.2) is 4.99 Å². The molecule has 0 aliphatic carbocycles. The van der Waals surface area contributed by atoms with Gasteiger partial charge in [-0.15, -0.1) is 11.3 Å². The fraction of sp³-hybridized carbons (Fsp3) is 0.136. The Labute approximate surface area is 162 Å². The van der Waals surface area contributed by atoms with Crippen molar-refractivity contribution in [2.75, 3.05) is 18.4 Å². The molecule has 2 aliphatic heterocycles. The van der Waals surface area contributed by atoms with E-state index in [1.54, 1.807) is 11.3 Å². The normalized spacial score (nSPS) is 16.9. The van der Waals surface area contributed by atoms with E-state index in [1.807, 2.05) is 36.4 Å². The number of rotatable bonds is 3. The summed E-state index contributed by atoms with van der Waals surface area (Å²) < 4.78 is 0. The Hall–Kier alpha value is -2.89. The monoisotopic (exact) mass is 373 g/mol. The second-order valence-electron chi connectivity index (χ2n) is 6.73. The molecule has 4 nitrogen and oxygen atoms in total. The number of para-hydroxylation sites is 1. The van der Waals surface area contributed by atoms with Crippen molar-refractivity contribution in [1.29, 1.82) is 0 Å². The van der Waals surface area contributed by atoms with Crippen molar-refractivity contribution in [3.05, 3.63) is 93.9 Å². The summed E-state index contributed by atoms with van der Waals surface area (Å²) in [5, 5.41) is 15.5. The molecule has 2 N–H and O–H groups in total. The van der Waals surface area contributed by atoms with Crippen LogP contribution in [0, 0.1) is 0 Å². The quantitative estimate of drug-likeness (QED) is 0.729. The maximum atomic E-state index is 9.84.